The minimum absolute atomic E-state index is 0.0218. The van der Waals surface area contributed by atoms with Crippen molar-refractivity contribution in [3.63, 3.8) is 0 Å². The van der Waals surface area contributed by atoms with Gasteiger partial charge in [-0.05, 0) is 51.7 Å². The largest absolute Gasteiger partial charge is 0.486 e. The van der Waals surface area contributed by atoms with Gasteiger partial charge in [-0.25, -0.2) is 0 Å². The Kier molecular flexibility index (Phi) is 6.60. The van der Waals surface area contributed by atoms with Crippen LogP contribution in [0.1, 0.15) is 16.7 Å². The summed E-state index contributed by atoms with van der Waals surface area (Å²) in [6.45, 7) is 0.0663. The van der Waals surface area contributed by atoms with Gasteiger partial charge in [0.2, 0.25) is 0 Å². The molecule has 0 aliphatic carbocycles. The van der Waals surface area contributed by atoms with Crippen LogP contribution in [-0.2, 0) is 6.61 Å². The lowest BCUT2D eigenvalue weighted by Crippen LogP contribution is -1.98. The van der Waals surface area contributed by atoms with Crippen molar-refractivity contribution in [3.8, 4) is 11.8 Å². The summed E-state index contributed by atoms with van der Waals surface area (Å²) in [6.07, 6.45) is 1.71. The van der Waals surface area contributed by atoms with Gasteiger partial charge >= 0.3 is 0 Å². The second-order valence-corrected chi connectivity index (χ2v) is 8.08. The van der Waals surface area contributed by atoms with Crippen LogP contribution in [0.2, 0.25) is 10.0 Å². The van der Waals surface area contributed by atoms with E-state index in [1.54, 1.807) is 30.3 Å². The van der Waals surface area contributed by atoms with Crippen molar-refractivity contribution in [2.24, 2.45) is 0 Å². The summed E-state index contributed by atoms with van der Waals surface area (Å²) >= 11 is 12.8. The van der Waals surface area contributed by atoms with Gasteiger partial charge in [-0.2, -0.15) is 5.26 Å². The van der Waals surface area contributed by atoms with Gasteiger partial charge < -0.3 is 4.74 Å². The van der Waals surface area contributed by atoms with E-state index in [0.29, 0.717) is 16.7 Å². The quantitative estimate of drug-likeness (QED) is 0.124. The van der Waals surface area contributed by atoms with Crippen LogP contribution in [0.4, 0.5) is 5.69 Å². The predicted octanol–water partition coefficient (Wildman–Crippen LogP) is 7.70. The Morgan fingerprint density at radius 2 is 1.70 bits per heavy atom. The highest BCUT2D eigenvalue weighted by Gasteiger charge is 2.12. The van der Waals surface area contributed by atoms with Crippen molar-refractivity contribution in [2.75, 3.05) is 0 Å². The monoisotopic (exact) mass is 474 g/mol. The smallest absolute Gasteiger partial charge is 0.269 e. The molecule has 0 amide bonds. The minimum atomic E-state index is -0.465. The molecule has 5 nitrogen and oxygen atoms in total. The van der Waals surface area contributed by atoms with E-state index >= 15 is 0 Å². The lowest BCUT2D eigenvalue weighted by atomic mass is 10.00. The number of hydrogen-bond donors (Lipinski definition) is 0. The SMILES string of the molecule is N#CC(=Cc1cc(Cl)c(OCc2cccc([N+](=O)[O-])c2)c(Cl)c1)c1ccc2ccccc2c1. The van der Waals surface area contributed by atoms with Gasteiger partial charge in [-0.3, -0.25) is 10.1 Å². The molecular weight excluding hydrogens is 459 g/mol. The molecule has 0 aliphatic rings. The Bertz CT molecular complexity index is 1420. The van der Waals surface area contributed by atoms with Crippen molar-refractivity contribution in [3.05, 3.63) is 116 Å². The summed E-state index contributed by atoms with van der Waals surface area (Å²) in [6, 6.07) is 25.5. The Balaban J connectivity index is 1.59. The number of rotatable bonds is 6. The van der Waals surface area contributed by atoms with Crippen LogP contribution in [0.3, 0.4) is 0 Å². The number of benzene rings is 4. The average molecular weight is 475 g/mol. The molecule has 7 heteroatoms. The highest BCUT2D eigenvalue weighted by molar-refractivity contribution is 6.37. The third-order valence-electron chi connectivity index (χ3n) is 5.02. The zero-order valence-corrected chi connectivity index (χ0v) is 18.7. The summed E-state index contributed by atoms with van der Waals surface area (Å²) in [5.41, 5.74) is 2.50. The molecule has 0 N–H and O–H groups in total. The number of nitriles is 1. The van der Waals surface area contributed by atoms with Crippen LogP contribution < -0.4 is 4.74 Å². The number of ether oxygens (including phenoxy) is 1. The molecule has 0 spiro atoms. The predicted molar refractivity (Wildman–Crippen MR) is 131 cm³/mol. The first-order valence-electron chi connectivity index (χ1n) is 9.91. The number of nitrogens with zero attached hydrogens (tertiary/aromatic N) is 2. The fraction of sp³-hybridized carbons (Fsp3) is 0.0385. The topological polar surface area (TPSA) is 76.2 Å². The van der Waals surface area contributed by atoms with Crippen LogP contribution in [0.25, 0.3) is 22.4 Å². The molecule has 4 aromatic carbocycles. The Morgan fingerprint density at radius 3 is 2.39 bits per heavy atom. The zero-order chi connectivity index (χ0) is 23.4. The molecule has 0 saturated carbocycles. The zero-order valence-electron chi connectivity index (χ0n) is 17.2. The van der Waals surface area contributed by atoms with Gasteiger partial charge in [-0.1, -0.05) is 71.7 Å². The molecule has 4 aromatic rings. The van der Waals surface area contributed by atoms with Crippen molar-refractivity contribution < 1.29 is 9.66 Å². The lowest BCUT2D eigenvalue weighted by Gasteiger charge is -2.11. The second kappa shape index (κ2) is 9.74. The Hall–Kier alpha value is -3.85. The first kappa shape index (κ1) is 22.3. The third kappa shape index (κ3) is 5.15. The molecule has 0 unspecified atom stereocenters. The summed E-state index contributed by atoms with van der Waals surface area (Å²) in [5.74, 6) is 0.270. The fourth-order valence-corrected chi connectivity index (χ4v) is 4.03. The van der Waals surface area contributed by atoms with Crippen molar-refractivity contribution in [1.82, 2.24) is 0 Å². The van der Waals surface area contributed by atoms with E-state index in [2.05, 4.69) is 6.07 Å². The van der Waals surface area contributed by atoms with E-state index < -0.39 is 4.92 Å². The van der Waals surface area contributed by atoms with Gasteiger partial charge in [0.25, 0.3) is 5.69 Å². The highest BCUT2D eigenvalue weighted by Crippen LogP contribution is 2.36. The van der Waals surface area contributed by atoms with Crippen LogP contribution in [0, 0.1) is 21.4 Å². The summed E-state index contributed by atoms with van der Waals surface area (Å²) in [7, 11) is 0. The van der Waals surface area contributed by atoms with Gasteiger partial charge in [0.1, 0.15) is 6.61 Å². The van der Waals surface area contributed by atoms with E-state index in [9.17, 15) is 15.4 Å². The standard InChI is InChI=1S/C26H16Cl2N2O3/c27-24-12-18(10-22(15-29)21-9-8-19-5-1-2-6-20(19)14-21)13-25(28)26(24)33-16-17-4-3-7-23(11-17)30(31)32/h1-14H,16H2. The molecule has 0 fully saturated rings. The molecule has 0 aromatic heterocycles. The second-order valence-electron chi connectivity index (χ2n) is 7.26. The van der Waals surface area contributed by atoms with Crippen LogP contribution in [0.15, 0.2) is 78.9 Å². The van der Waals surface area contributed by atoms with Gasteiger partial charge in [0.05, 0.1) is 26.6 Å². The molecule has 0 bridgehead atoms. The van der Waals surface area contributed by atoms with Crippen LogP contribution in [0.5, 0.6) is 5.75 Å². The van der Waals surface area contributed by atoms with Crippen molar-refractivity contribution in [2.45, 2.75) is 6.61 Å². The van der Waals surface area contributed by atoms with E-state index in [1.807, 2.05) is 42.5 Å². The number of nitro groups is 1. The number of nitro benzene ring substituents is 1. The van der Waals surface area contributed by atoms with Gasteiger partial charge in [-0.15, -0.1) is 0 Å². The summed E-state index contributed by atoms with van der Waals surface area (Å²) < 4.78 is 5.74. The van der Waals surface area contributed by atoms with Crippen molar-refractivity contribution in [1.29, 1.82) is 5.26 Å². The third-order valence-corrected chi connectivity index (χ3v) is 5.58. The van der Waals surface area contributed by atoms with E-state index in [1.165, 1.54) is 12.1 Å². The molecule has 162 valence electrons. The number of halogens is 2. The van der Waals surface area contributed by atoms with Crippen LogP contribution >= 0.6 is 23.2 Å². The molecule has 0 heterocycles. The van der Waals surface area contributed by atoms with Gasteiger partial charge in [0, 0.05) is 12.1 Å². The van der Waals surface area contributed by atoms with E-state index in [4.69, 9.17) is 27.9 Å². The molecule has 0 radical (unpaired) electrons. The lowest BCUT2D eigenvalue weighted by molar-refractivity contribution is -0.384. The first-order chi connectivity index (χ1) is 15.9. The van der Waals surface area contributed by atoms with E-state index in [0.717, 1.165) is 16.3 Å². The number of hydrogen-bond acceptors (Lipinski definition) is 4. The molecular formula is C26H16Cl2N2O3. The first-order valence-corrected chi connectivity index (χ1v) is 10.7. The Labute approximate surface area is 200 Å². The number of fused-ring (bicyclic) bond motifs is 1. The molecule has 33 heavy (non-hydrogen) atoms. The summed E-state index contributed by atoms with van der Waals surface area (Å²) in [4.78, 5) is 10.5. The summed E-state index contributed by atoms with van der Waals surface area (Å²) in [5, 5.41) is 23.3. The maximum atomic E-state index is 10.9. The minimum Gasteiger partial charge on any atom is -0.486 e. The molecule has 0 aliphatic heterocycles. The number of non-ortho nitro benzene ring substituents is 1. The van der Waals surface area contributed by atoms with Crippen molar-refractivity contribution >= 4 is 51.3 Å². The molecule has 4 rings (SSSR count). The van der Waals surface area contributed by atoms with E-state index in [-0.39, 0.29) is 28.1 Å². The average Bonchev–Trinajstić information content (AvgIpc) is 2.82. The molecule has 0 saturated heterocycles. The maximum Gasteiger partial charge on any atom is 0.269 e. The number of allylic oxidation sites excluding steroid dienone is 1. The fourth-order valence-electron chi connectivity index (χ4n) is 3.42. The highest BCUT2D eigenvalue weighted by atomic mass is 35.5. The normalized spacial score (nSPS) is 11.2. The molecule has 0 atom stereocenters. The Morgan fingerprint density at radius 1 is 0.970 bits per heavy atom. The van der Waals surface area contributed by atoms with Crippen LogP contribution in [-0.4, -0.2) is 4.92 Å². The maximum absolute atomic E-state index is 10.9. The van der Waals surface area contributed by atoms with Gasteiger partial charge in [0.15, 0.2) is 5.75 Å².